The van der Waals surface area contributed by atoms with Gasteiger partial charge in [-0.1, -0.05) is 29.8 Å². The second-order valence-corrected chi connectivity index (χ2v) is 8.16. The zero-order chi connectivity index (χ0) is 23.7. The Bertz CT molecular complexity index is 1270. The zero-order valence-electron chi connectivity index (χ0n) is 18.5. The number of aliphatic hydroxyl groups excluding tert-OH is 1. The van der Waals surface area contributed by atoms with Gasteiger partial charge in [0.1, 0.15) is 11.5 Å². The van der Waals surface area contributed by atoms with E-state index >= 15 is 0 Å². The summed E-state index contributed by atoms with van der Waals surface area (Å²) < 4.78 is 5.53. The maximum Gasteiger partial charge on any atom is 0.300 e. The van der Waals surface area contributed by atoms with Crippen LogP contribution in [0.4, 0.5) is 5.69 Å². The summed E-state index contributed by atoms with van der Waals surface area (Å²) in [6, 6.07) is 13.0. The van der Waals surface area contributed by atoms with Gasteiger partial charge in [-0.25, -0.2) is 0 Å². The number of Topliss-reactive ketones (excluding diaryl/α,β-unsaturated/α-hetero) is 1. The molecule has 1 amide bonds. The lowest BCUT2D eigenvalue weighted by Crippen LogP contribution is -2.30. The number of nitrogens with zero attached hydrogens (tertiary/aromatic N) is 2. The number of pyridine rings is 1. The minimum atomic E-state index is -0.869. The number of benzene rings is 2. The minimum Gasteiger partial charge on any atom is -0.507 e. The van der Waals surface area contributed by atoms with Gasteiger partial charge in [0.15, 0.2) is 0 Å². The number of anilines is 1. The number of ether oxygens (including phenoxy) is 1. The zero-order valence-corrected chi connectivity index (χ0v) is 19.3. The van der Waals surface area contributed by atoms with Gasteiger partial charge in [-0.3, -0.25) is 19.5 Å². The molecule has 0 radical (unpaired) electrons. The summed E-state index contributed by atoms with van der Waals surface area (Å²) in [5.41, 5.74) is 3.20. The fourth-order valence-electron chi connectivity index (χ4n) is 4.02. The summed E-state index contributed by atoms with van der Waals surface area (Å²) >= 11 is 6.37. The van der Waals surface area contributed by atoms with Crippen LogP contribution < -0.4 is 9.64 Å². The second-order valence-electron chi connectivity index (χ2n) is 7.75. The standard InChI is InChI=1S/C26H23ClN2O4/c1-4-33-18-10-11-20(27)19(13-18)24(30)22-23(17-8-6-12-28-14-17)29(26(32)25(22)31)21-9-5-7-15(2)16(21)3/h5-14,23,30H,4H2,1-3H3/b24-22+. The Hall–Kier alpha value is -3.64. The Labute approximate surface area is 197 Å². The number of ketones is 1. The van der Waals surface area contributed by atoms with E-state index in [0.717, 1.165) is 11.1 Å². The van der Waals surface area contributed by atoms with Crippen LogP contribution in [0.15, 0.2) is 66.5 Å². The molecule has 6 nitrogen and oxygen atoms in total. The number of halogens is 1. The van der Waals surface area contributed by atoms with E-state index < -0.39 is 17.7 Å². The van der Waals surface area contributed by atoms with E-state index in [1.807, 2.05) is 32.9 Å². The van der Waals surface area contributed by atoms with Gasteiger partial charge in [0, 0.05) is 23.6 Å². The normalized spacial score (nSPS) is 17.5. The van der Waals surface area contributed by atoms with Crippen molar-refractivity contribution in [3.05, 3.63) is 93.8 Å². The largest absolute Gasteiger partial charge is 0.507 e. The van der Waals surface area contributed by atoms with Crippen molar-refractivity contribution in [1.82, 2.24) is 4.98 Å². The SMILES string of the molecule is CCOc1ccc(Cl)c(/C(O)=C2\C(=O)C(=O)N(c3cccc(C)c3C)C2c2cccnc2)c1. The third kappa shape index (κ3) is 3.98. The fraction of sp³-hybridized carbons (Fsp3) is 0.192. The number of rotatable bonds is 5. The van der Waals surface area contributed by atoms with Crippen molar-refractivity contribution in [2.45, 2.75) is 26.8 Å². The van der Waals surface area contributed by atoms with Gasteiger partial charge in [-0.15, -0.1) is 0 Å². The van der Waals surface area contributed by atoms with E-state index in [9.17, 15) is 14.7 Å². The van der Waals surface area contributed by atoms with Crippen molar-refractivity contribution in [3.63, 3.8) is 0 Å². The third-order valence-corrected chi connectivity index (χ3v) is 6.11. The first kappa shape index (κ1) is 22.6. The molecule has 168 valence electrons. The molecule has 1 unspecified atom stereocenters. The highest BCUT2D eigenvalue weighted by Crippen LogP contribution is 2.44. The van der Waals surface area contributed by atoms with Crippen LogP contribution in [-0.4, -0.2) is 28.4 Å². The first-order valence-corrected chi connectivity index (χ1v) is 10.9. The highest BCUT2D eigenvalue weighted by Gasteiger charge is 2.47. The molecule has 0 aliphatic carbocycles. The van der Waals surface area contributed by atoms with Crippen molar-refractivity contribution in [2.75, 3.05) is 11.5 Å². The molecule has 0 spiro atoms. The fourth-order valence-corrected chi connectivity index (χ4v) is 4.23. The molecule has 1 saturated heterocycles. The van der Waals surface area contributed by atoms with E-state index in [2.05, 4.69) is 4.98 Å². The summed E-state index contributed by atoms with van der Waals surface area (Å²) in [4.78, 5) is 32.2. The maximum atomic E-state index is 13.3. The lowest BCUT2D eigenvalue weighted by molar-refractivity contribution is -0.132. The van der Waals surface area contributed by atoms with Crippen molar-refractivity contribution in [1.29, 1.82) is 0 Å². The molecule has 1 atom stereocenters. The quantitative estimate of drug-likeness (QED) is 0.313. The topological polar surface area (TPSA) is 79.7 Å². The first-order valence-electron chi connectivity index (χ1n) is 10.5. The maximum absolute atomic E-state index is 13.3. The molecule has 1 fully saturated rings. The van der Waals surface area contributed by atoms with E-state index in [1.54, 1.807) is 48.8 Å². The van der Waals surface area contributed by atoms with Gasteiger partial charge >= 0.3 is 0 Å². The van der Waals surface area contributed by atoms with Crippen LogP contribution >= 0.6 is 11.6 Å². The average Bonchev–Trinajstić information content (AvgIpc) is 3.08. The van der Waals surface area contributed by atoms with Gasteiger partial charge in [0.2, 0.25) is 0 Å². The third-order valence-electron chi connectivity index (χ3n) is 5.78. The molecule has 0 saturated carbocycles. The van der Waals surface area contributed by atoms with Gasteiger partial charge in [0.25, 0.3) is 11.7 Å². The molecule has 1 aliphatic heterocycles. The second kappa shape index (κ2) is 9.08. The van der Waals surface area contributed by atoms with Crippen LogP contribution in [0.5, 0.6) is 5.75 Å². The number of aryl methyl sites for hydroxylation is 1. The predicted octanol–water partition coefficient (Wildman–Crippen LogP) is 5.38. The highest BCUT2D eigenvalue weighted by molar-refractivity contribution is 6.52. The average molecular weight is 463 g/mol. The molecule has 1 N–H and O–H groups in total. The van der Waals surface area contributed by atoms with Crippen molar-refractivity contribution in [2.24, 2.45) is 0 Å². The van der Waals surface area contributed by atoms with Crippen molar-refractivity contribution in [3.8, 4) is 5.75 Å². The molecule has 1 aromatic heterocycles. The van der Waals surface area contributed by atoms with Gasteiger partial charge in [-0.2, -0.15) is 0 Å². The number of aliphatic hydroxyl groups is 1. The predicted molar refractivity (Wildman–Crippen MR) is 128 cm³/mol. The van der Waals surface area contributed by atoms with Crippen LogP contribution in [0.1, 0.15) is 35.2 Å². The van der Waals surface area contributed by atoms with Crippen LogP contribution in [0.3, 0.4) is 0 Å². The number of hydrogen-bond donors (Lipinski definition) is 1. The summed E-state index contributed by atoms with van der Waals surface area (Å²) in [5, 5.41) is 11.6. The van der Waals surface area contributed by atoms with Crippen LogP contribution in [0.25, 0.3) is 5.76 Å². The number of amides is 1. The summed E-state index contributed by atoms with van der Waals surface area (Å²) in [6.45, 7) is 6.10. The van der Waals surface area contributed by atoms with E-state index in [4.69, 9.17) is 16.3 Å². The molecule has 2 heterocycles. The molecular formula is C26H23ClN2O4. The van der Waals surface area contributed by atoms with Gasteiger partial charge < -0.3 is 9.84 Å². The Kier molecular flexibility index (Phi) is 6.20. The Morgan fingerprint density at radius 2 is 1.94 bits per heavy atom. The minimum absolute atomic E-state index is 0.0514. The van der Waals surface area contributed by atoms with E-state index in [-0.39, 0.29) is 21.9 Å². The van der Waals surface area contributed by atoms with Crippen molar-refractivity contribution >= 4 is 34.7 Å². The Morgan fingerprint density at radius 1 is 1.15 bits per heavy atom. The molecule has 1 aliphatic rings. The molecular weight excluding hydrogens is 440 g/mol. The number of carbonyl (C=O) groups excluding carboxylic acids is 2. The van der Waals surface area contributed by atoms with E-state index in [0.29, 0.717) is 23.6 Å². The summed E-state index contributed by atoms with van der Waals surface area (Å²) in [6.07, 6.45) is 3.19. The summed E-state index contributed by atoms with van der Waals surface area (Å²) in [5.74, 6) is -1.39. The highest BCUT2D eigenvalue weighted by atomic mass is 35.5. The van der Waals surface area contributed by atoms with E-state index in [1.165, 1.54) is 4.90 Å². The molecule has 0 bridgehead atoms. The number of aromatic nitrogens is 1. The Morgan fingerprint density at radius 3 is 2.64 bits per heavy atom. The monoisotopic (exact) mass is 462 g/mol. The lowest BCUT2D eigenvalue weighted by Gasteiger charge is -2.27. The number of hydrogen-bond acceptors (Lipinski definition) is 5. The molecule has 2 aromatic carbocycles. The first-order chi connectivity index (χ1) is 15.8. The van der Waals surface area contributed by atoms with Gasteiger partial charge in [-0.05, 0) is 67.8 Å². The molecule has 33 heavy (non-hydrogen) atoms. The van der Waals surface area contributed by atoms with Crippen LogP contribution in [0.2, 0.25) is 5.02 Å². The number of carbonyl (C=O) groups is 2. The van der Waals surface area contributed by atoms with Crippen LogP contribution in [-0.2, 0) is 9.59 Å². The van der Waals surface area contributed by atoms with Crippen molar-refractivity contribution < 1.29 is 19.4 Å². The summed E-state index contributed by atoms with van der Waals surface area (Å²) in [7, 11) is 0. The smallest absolute Gasteiger partial charge is 0.300 e. The Balaban J connectivity index is 1.98. The molecule has 3 aromatic rings. The van der Waals surface area contributed by atoms with Gasteiger partial charge in [0.05, 0.1) is 23.2 Å². The van der Waals surface area contributed by atoms with Crippen LogP contribution in [0, 0.1) is 13.8 Å². The lowest BCUT2D eigenvalue weighted by atomic mass is 9.95. The molecule has 4 rings (SSSR count). The molecule has 7 heteroatoms.